The molecule has 2 unspecified atom stereocenters. The molecule has 0 aromatic heterocycles. The summed E-state index contributed by atoms with van der Waals surface area (Å²) in [6, 6.07) is 8.62. The Labute approximate surface area is 131 Å². The summed E-state index contributed by atoms with van der Waals surface area (Å²) in [7, 11) is -2.82. The second-order valence-corrected chi connectivity index (χ2v) is 9.09. The molecule has 0 N–H and O–H groups in total. The first-order valence-electron chi connectivity index (χ1n) is 7.46. The van der Waals surface area contributed by atoms with Crippen molar-refractivity contribution < 1.29 is 8.42 Å². The number of halogens is 1. The van der Waals surface area contributed by atoms with Crippen molar-refractivity contribution in [3.63, 3.8) is 0 Å². The number of fused-ring (bicyclic) bond motifs is 1. The third kappa shape index (κ3) is 4.08. The van der Waals surface area contributed by atoms with Gasteiger partial charge in [-0.2, -0.15) is 0 Å². The largest absolute Gasteiger partial charge is 0.229 e. The Balaban J connectivity index is 1.99. The van der Waals surface area contributed by atoms with Crippen LogP contribution in [0.25, 0.3) is 0 Å². The van der Waals surface area contributed by atoms with Crippen LogP contribution in [0.4, 0.5) is 0 Å². The molecule has 20 heavy (non-hydrogen) atoms. The minimum atomic E-state index is -2.82. The Hall–Kier alpha value is -0.350. The predicted molar refractivity (Wildman–Crippen MR) is 88.1 cm³/mol. The number of rotatable bonds is 5. The molecule has 0 bridgehead atoms. The molecule has 0 heterocycles. The van der Waals surface area contributed by atoms with E-state index < -0.39 is 9.84 Å². The summed E-state index contributed by atoms with van der Waals surface area (Å²) in [6.45, 7) is 1.73. The van der Waals surface area contributed by atoms with Crippen LogP contribution in [0.3, 0.4) is 0 Å². The highest BCUT2D eigenvalue weighted by atomic mass is 79.9. The number of hydrogen-bond acceptors (Lipinski definition) is 2. The molecule has 0 amide bonds. The van der Waals surface area contributed by atoms with Crippen molar-refractivity contribution in [1.29, 1.82) is 0 Å². The predicted octanol–water partition coefficient (Wildman–Crippen LogP) is 4.29. The maximum absolute atomic E-state index is 11.6. The zero-order valence-corrected chi connectivity index (χ0v) is 14.4. The molecule has 0 aliphatic heterocycles. The number of hydrogen-bond donors (Lipinski definition) is 0. The average Bonchev–Trinajstić information content (AvgIpc) is 2.60. The maximum atomic E-state index is 11.6. The molecule has 1 aliphatic rings. The van der Waals surface area contributed by atoms with Gasteiger partial charge in [-0.3, -0.25) is 0 Å². The van der Waals surface area contributed by atoms with Crippen LogP contribution in [0.15, 0.2) is 24.3 Å². The fourth-order valence-electron chi connectivity index (χ4n) is 2.99. The fourth-order valence-corrected chi connectivity index (χ4v) is 4.86. The number of benzene rings is 1. The molecule has 0 saturated heterocycles. The lowest BCUT2D eigenvalue weighted by Crippen LogP contribution is -2.12. The van der Waals surface area contributed by atoms with E-state index in [1.54, 1.807) is 6.92 Å². The molecule has 2 nitrogen and oxygen atoms in total. The molecule has 1 aromatic carbocycles. The summed E-state index contributed by atoms with van der Waals surface area (Å²) in [6.07, 6.45) is 5.29. The summed E-state index contributed by atoms with van der Waals surface area (Å²) in [4.78, 5) is 0.366. The second kappa shape index (κ2) is 7.08. The van der Waals surface area contributed by atoms with Crippen molar-refractivity contribution in [2.75, 3.05) is 11.5 Å². The first kappa shape index (κ1) is 16.0. The van der Waals surface area contributed by atoms with Crippen LogP contribution in [-0.2, 0) is 16.3 Å². The SMILES string of the molecule is CCS(=O)(=O)CCCC1CCCc2ccccc2C1Br. The molecule has 2 atom stereocenters. The van der Waals surface area contributed by atoms with Gasteiger partial charge < -0.3 is 0 Å². The third-order valence-electron chi connectivity index (χ3n) is 4.26. The minimum Gasteiger partial charge on any atom is -0.229 e. The van der Waals surface area contributed by atoms with E-state index in [9.17, 15) is 8.42 Å². The van der Waals surface area contributed by atoms with Crippen molar-refractivity contribution in [1.82, 2.24) is 0 Å². The van der Waals surface area contributed by atoms with E-state index in [0.717, 1.165) is 19.3 Å². The zero-order chi connectivity index (χ0) is 14.6. The summed E-state index contributed by atoms with van der Waals surface area (Å²) in [5.41, 5.74) is 2.84. The van der Waals surface area contributed by atoms with Gasteiger partial charge in [-0.25, -0.2) is 8.42 Å². The van der Waals surface area contributed by atoms with Gasteiger partial charge in [0.1, 0.15) is 9.84 Å². The van der Waals surface area contributed by atoms with E-state index in [-0.39, 0.29) is 5.75 Å². The zero-order valence-electron chi connectivity index (χ0n) is 12.0. The van der Waals surface area contributed by atoms with Crippen molar-refractivity contribution >= 4 is 25.8 Å². The van der Waals surface area contributed by atoms with E-state index >= 15 is 0 Å². The highest BCUT2D eigenvalue weighted by molar-refractivity contribution is 9.09. The Kier molecular flexibility index (Phi) is 5.67. The van der Waals surface area contributed by atoms with Crippen molar-refractivity contribution in [2.45, 2.75) is 43.9 Å². The first-order chi connectivity index (χ1) is 9.53. The highest BCUT2D eigenvalue weighted by Gasteiger charge is 2.25. The van der Waals surface area contributed by atoms with Crippen LogP contribution in [0.2, 0.25) is 0 Å². The molecule has 1 aromatic rings. The van der Waals surface area contributed by atoms with E-state index in [1.807, 2.05) is 0 Å². The molecule has 112 valence electrons. The minimum absolute atomic E-state index is 0.262. The monoisotopic (exact) mass is 358 g/mol. The fraction of sp³-hybridized carbons (Fsp3) is 0.625. The van der Waals surface area contributed by atoms with Gasteiger partial charge in [-0.05, 0) is 49.1 Å². The number of alkyl halides is 1. The summed E-state index contributed by atoms with van der Waals surface area (Å²) < 4.78 is 23.2. The molecule has 0 saturated carbocycles. The van der Waals surface area contributed by atoms with Crippen LogP contribution in [-0.4, -0.2) is 19.9 Å². The molecule has 1 aliphatic carbocycles. The van der Waals surface area contributed by atoms with Crippen molar-refractivity contribution in [3.05, 3.63) is 35.4 Å². The molecular weight excluding hydrogens is 336 g/mol. The van der Waals surface area contributed by atoms with Gasteiger partial charge in [0.15, 0.2) is 0 Å². The average molecular weight is 359 g/mol. The first-order valence-corrected chi connectivity index (χ1v) is 10.2. The summed E-state index contributed by atoms with van der Waals surface area (Å²) in [5.74, 6) is 1.14. The van der Waals surface area contributed by atoms with Crippen LogP contribution in [0.1, 0.15) is 48.6 Å². The van der Waals surface area contributed by atoms with Gasteiger partial charge in [-0.1, -0.05) is 47.1 Å². The number of sulfone groups is 1. The second-order valence-electron chi connectivity index (χ2n) is 5.63. The molecule has 2 rings (SSSR count). The Bertz CT molecular complexity index is 539. The van der Waals surface area contributed by atoms with E-state index in [0.29, 0.717) is 16.5 Å². The van der Waals surface area contributed by atoms with Crippen LogP contribution in [0, 0.1) is 5.92 Å². The molecule has 0 spiro atoms. The maximum Gasteiger partial charge on any atom is 0.150 e. The van der Waals surface area contributed by atoms with Gasteiger partial charge in [-0.15, -0.1) is 0 Å². The summed E-state index contributed by atoms with van der Waals surface area (Å²) in [5, 5.41) is 0. The van der Waals surface area contributed by atoms with E-state index in [1.165, 1.54) is 24.0 Å². The van der Waals surface area contributed by atoms with Crippen LogP contribution in [0.5, 0.6) is 0 Å². The third-order valence-corrected chi connectivity index (χ3v) is 7.29. The van der Waals surface area contributed by atoms with Gasteiger partial charge in [0.25, 0.3) is 0 Å². The van der Waals surface area contributed by atoms with Gasteiger partial charge in [0.05, 0.1) is 5.75 Å². The van der Waals surface area contributed by atoms with Crippen LogP contribution >= 0.6 is 15.9 Å². The molecular formula is C16H23BrO2S. The summed E-state index contributed by atoms with van der Waals surface area (Å²) >= 11 is 3.85. The van der Waals surface area contributed by atoms with Crippen molar-refractivity contribution in [2.24, 2.45) is 5.92 Å². The van der Waals surface area contributed by atoms with Gasteiger partial charge in [0.2, 0.25) is 0 Å². The Morgan fingerprint density at radius 3 is 2.80 bits per heavy atom. The Morgan fingerprint density at radius 2 is 2.05 bits per heavy atom. The van der Waals surface area contributed by atoms with Gasteiger partial charge in [0, 0.05) is 10.6 Å². The Morgan fingerprint density at radius 1 is 1.30 bits per heavy atom. The van der Waals surface area contributed by atoms with E-state index in [2.05, 4.69) is 40.2 Å². The lowest BCUT2D eigenvalue weighted by Gasteiger charge is -2.21. The topological polar surface area (TPSA) is 34.1 Å². The van der Waals surface area contributed by atoms with Gasteiger partial charge >= 0.3 is 0 Å². The molecule has 0 radical (unpaired) electrons. The smallest absolute Gasteiger partial charge is 0.150 e. The quantitative estimate of drug-likeness (QED) is 0.581. The van der Waals surface area contributed by atoms with E-state index in [4.69, 9.17) is 0 Å². The normalized spacial score (nSPS) is 23.1. The molecule has 4 heteroatoms. The highest BCUT2D eigenvalue weighted by Crippen LogP contribution is 2.41. The standard InChI is InChI=1S/C16H23BrO2S/c1-2-20(18,19)12-6-10-14-9-5-8-13-7-3-4-11-15(13)16(14)17/h3-4,7,11,14,16H,2,5-6,8-10,12H2,1H3. The lowest BCUT2D eigenvalue weighted by molar-refractivity contribution is 0.438. The van der Waals surface area contributed by atoms with Crippen LogP contribution < -0.4 is 0 Å². The number of aryl methyl sites for hydroxylation is 1. The van der Waals surface area contributed by atoms with Crippen molar-refractivity contribution in [3.8, 4) is 0 Å². The molecule has 0 fully saturated rings. The lowest BCUT2D eigenvalue weighted by atomic mass is 9.93.